The Morgan fingerprint density at radius 2 is 2.29 bits per heavy atom. The molecule has 0 aromatic heterocycles. The number of halogens is 1. The first-order valence-corrected chi connectivity index (χ1v) is 7.18. The number of hydrogen-bond acceptors (Lipinski definition) is 3. The first-order valence-electron chi connectivity index (χ1n) is 5.78. The summed E-state index contributed by atoms with van der Waals surface area (Å²) in [6.45, 7) is 0.722. The summed E-state index contributed by atoms with van der Waals surface area (Å²) in [7, 11) is 0. The molecule has 0 saturated heterocycles. The van der Waals surface area contributed by atoms with E-state index < -0.39 is 0 Å². The summed E-state index contributed by atoms with van der Waals surface area (Å²) in [4.78, 5) is 0. The van der Waals surface area contributed by atoms with Gasteiger partial charge in [-0.3, -0.25) is 0 Å². The van der Waals surface area contributed by atoms with Crippen LogP contribution in [-0.4, -0.2) is 30.3 Å². The molecule has 0 radical (unpaired) electrons. The fourth-order valence-electron chi connectivity index (χ4n) is 2.20. The molecular formula is C13H17FO2S. The van der Waals surface area contributed by atoms with Crippen molar-refractivity contribution in [3.8, 4) is 5.75 Å². The Morgan fingerprint density at radius 3 is 3.00 bits per heavy atom. The van der Waals surface area contributed by atoms with Crippen LogP contribution in [0.15, 0.2) is 12.1 Å². The first-order chi connectivity index (χ1) is 8.24. The molecule has 0 amide bonds. The lowest BCUT2D eigenvalue weighted by molar-refractivity contribution is 0.232. The molecule has 1 aromatic carbocycles. The Hall–Kier alpha value is -0.740. The third-order valence-corrected chi connectivity index (χ3v) is 3.65. The van der Waals surface area contributed by atoms with E-state index in [1.807, 2.05) is 12.3 Å². The lowest BCUT2D eigenvalue weighted by atomic mass is 10.1. The van der Waals surface area contributed by atoms with Gasteiger partial charge in [-0.2, -0.15) is 11.8 Å². The van der Waals surface area contributed by atoms with Crippen molar-refractivity contribution >= 4 is 11.8 Å². The van der Waals surface area contributed by atoms with Gasteiger partial charge in [0.15, 0.2) is 0 Å². The van der Waals surface area contributed by atoms with Crippen molar-refractivity contribution in [2.45, 2.75) is 12.8 Å². The maximum Gasteiger partial charge on any atom is 0.130 e. The van der Waals surface area contributed by atoms with E-state index in [9.17, 15) is 4.39 Å². The second-order valence-electron chi connectivity index (χ2n) is 4.34. The number of ether oxygens (including phenoxy) is 1. The van der Waals surface area contributed by atoms with Crippen molar-refractivity contribution in [3.05, 3.63) is 29.1 Å². The predicted octanol–water partition coefficient (Wildman–Crippen LogP) is 2.27. The van der Waals surface area contributed by atoms with Crippen LogP contribution >= 0.6 is 11.8 Å². The number of thioether (sulfide) groups is 1. The summed E-state index contributed by atoms with van der Waals surface area (Å²) in [6.07, 6.45) is 3.41. The van der Waals surface area contributed by atoms with E-state index in [1.54, 1.807) is 11.8 Å². The number of rotatable bonds is 5. The molecule has 1 aromatic rings. The average Bonchev–Trinajstić information content (AvgIpc) is 2.73. The molecule has 0 saturated carbocycles. The van der Waals surface area contributed by atoms with Gasteiger partial charge in [-0.1, -0.05) is 0 Å². The third-order valence-electron chi connectivity index (χ3n) is 3.08. The molecule has 1 atom stereocenters. The molecule has 1 unspecified atom stereocenters. The van der Waals surface area contributed by atoms with Gasteiger partial charge in [-0.25, -0.2) is 4.39 Å². The molecule has 0 heterocycles. The van der Waals surface area contributed by atoms with Crippen LogP contribution in [0.3, 0.4) is 0 Å². The summed E-state index contributed by atoms with van der Waals surface area (Å²) in [5.74, 6) is 1.48. The monoisotopic (exact) mass is 256 g/mol. The zero-order valence-corrected chi connectivity index (χ0v) is 10.7. The fraction of sp³-hybridized carbons (Fsp3) is 0.538. The SMILES string of the molecule is CSCCOc1cc(F)c2c(c1)CC(CO)C2. The van der Waals surface area contributed by atoms with Gasteiger partial charge in [0.1, 0.15) is 11.6 Å². The van der Waals surface area contributed by atoms with Crippen molar-refractivity contribution in [1.82, 2.24) is 0 Å². The van der Waals surface area contributed by atoms with Gasteiger partial charge >= 0.3 is 0 Å². The van der Waals surface area contributed by atoms with Gasteiger partial charge in [0, 0.05) is 18.4 Å². The summed E-state index contributed by atoms with van der Waals surface area (Å²) < 4.78 is 19.3. The number of fused-ring (bicyclic) bond motifs is 1. The van der Waals surface area contributed by atoms with Crippen LogP contribution < -0.4 is 4.74 Å². The molecule has 2 nitrogen and oxygen atoms in total. The number of hydrogen-bond donors (Lipinski definition) is 1. The van der Waals surface area contributed by atoms with E-state index in [1.165, 1.54) is 6.07 Å². The van der Waals surface area contributed by atoms with E-state index in [4.69, 9.17) is 9.84 Å². The zero-order valence-electron chi connectivity index (χ0n) is 9.91. The van der Waals surface area contributed by atoms with Crippen LogP contribution in [0.1, 0.15) is 11.1 Å². The molecule has 1 N–H and O–H groups in total. The minimum Gasteiger partial charge on any atom is -0.493 e. The third kappa shape index (κ3) is 2.93. The molecule has 4 heteroatoms. The minimum atomic E-state index is -0.197. The van der Waals surface area contributed by atoms with Gasteiger partial charge in [0.05, 0.1) is 6.61 Å². The molecule has 94 valence electrons. The topological polar surface area (TPSA) is 29.5 Å². The Morgan fingerprint density at radius 1 is 1.47 bits per heavy atom. The van der Waals surface area contributed by atoms with Crippen molar-refractivity contribution < 1.29 is 14.2 Å². The van der Waals surface area contributed by atoms with E-state index in [0.29, 0.717) is 18.8 Å². The molecule has 0 spiro atoms. The fourth-order valence-corrected chi connectivity index (χ4v) is 2.45. The Kier molecular flexibility index (Phi) is 4.29. The van der Waals surface area contributed by atoms with Crippen molar-refractivity contribution in [2.75, 3.05) is 25.2 Å². The zero-order chi connectivity index (χ0) is 12.3. The van der Waals surface area contributed by atoms with Crippen LogP contribution in [0.4, 0.5) is 4.39 Å². The smallest absolute Gasteiger partial charge is 0.130 e. The maximum absolute atomic E-state index is 13.8. The highest BCUT2D eigenvalue weighted by Crippen LogP contribution is 2.32. The minimum absolute atomic E-state index is 0.122. The second-order valence-corrected chi connectivity index (χ2v) is 5.33. The molecule has 1 aliphatic rings. The lowest BCUT2D eigenvalue weighted by Gasteiger charge is -2.08. The Bertz CT molecular complexity index is 395. The van der Waals surface area contributed by atoms with Gasteiger partial charge in [-0.15, -0.1) is 0 Å². The lowest BCUT2D eigenvalue weighted by Crippen LogP contribution is -2.04. The van der Waals surface area contributed by atoms with E-state index in [0.717, 1.165) is 23.3 Å². The standard InChI is InChI=1S/C13H17FO2S/c1-17-3-2-16-11-6-10-4-9(8-15)5-12(10)13(14)7-11/h6-7,9,15H,2-5,8H2,1H3. The molecule has 2 rings (SSSR count). The highest BCUT2D eigenvalue weighted by molar-refractivity contribution is 7.98. The molecular weight excluding hydrogens is 239 g/mol. The van der Waals surface area contributed by atoms with Gasteiger partial charge in [0.25, 0.3) is 0 Å². The second kappa shape index (κ2) is 5.74. The van der Waals surface area contributed by atoms with Crippen molar-refractivity contribution in [2.24, 2.45) is 5.92 Å². The molecule has 0 bridgehead atoms. The molecule has 0 aliphatic heterocycles. The van der Waals surface area contributed by atoms with E-state index in [-0.39, 0.29) is 18.3 Å². The summed E-state index contributed by atoms with van der Waals surface area (Å²) >= 11 is 1.70. The van der Waals surface area contributed by atoms with Crippen molar-refractivity contribution in [1.29, 1.82) is 0 Å². The van der Waals surface area contributed by atoms with E-state index in [2.05, 4.69) is 0 Å². The number of benzene rings is 1. The molecule has 0 fully saturated rings. The highest BCUT2D eigenvalue weighted by Gasteiger charge is 2.24. The Balaban J connectivity index is 2.10. The molecule has 17 heavy (non-hydrogen) atoms. The van der Waals surface area contributed by atoms with Gasteiger partial charge in [-0.05, 0) is 42.2 Å². The highest BCUT2D eigenvalue weighted by atomic mass is 32.2. The number of aliphatic hydroxyl groups is 1. The van der Waals surface area contributed by atoms with Crippen molar-refractivity contribution in [3.63, 3.8) is 0 Å². The first kappa shape index (κ1) is 12.7. The van der Waals surface area contributed by atoms with Gasteiger partial charge in [0.2, 0.25) is 0 Å². The van der Waals surface area contributed by atoms with Crippen LogP contribution in [-0.2, 0) is 12.8 Å². The largest absolute Gasteiger partial charge is 0.493 e. The van der Waals surface area contributed by atoms with E-state index >= 15 is 0 Å². The Labute approximate surface area is 105 Å². The maximum atomic E-state index is 13.8. The predicted molar refractivity (Wildman–Crippen MR) is 68.3 cm³/mol. The average molecular weight is 256 g/mol. The number of aliphatic hydroxyl groups excluding tert-OH is 1. The van der Waals surface area contributed by atoms with Crippen LogP contribution in [0.2, 0.25) is 0 Å². The summed E-state index contributed by atoms with van der Waals surface area (Å²) in [6, 6.07) is 3.37. The normalized spacial score (nSPS) is 18.2. The quantitative estimate of drug-likeness (QED) is 0.820. The van der Waals surface area contributed by atoms with Crippen LogP contribution in [0.5, 0.6) is 5.75 Å². The van der Waals surface area contributed by atoms with Crippen LogP contribution in [0, 0.1) is 11.7 Å². The summed E-state index contributed by atoms with van der Waals surface area (Å²) in [5, 5.41) is 9.12. The van der Waals surface area contributed by atoms with Gasteiger partial charge < -0.3 is 9.84 Å². The summed E-state index contributed by atoms with van der Waals surface area (Å²) in [5.41, 5.74) is 1.74. The molecule has 1 aliphatic carbocycles. The van der Waals surface area contributed by atoms with Crippen LogP contribution in [0.25, 0.3) is 0 Å².